The van der Waals surface area contributed by atoms with Crippen molar-refractivity contribution in [1.82, 2.24) is 10.2 Å². The van der Waals surface area contributed by atoms with Crippen LogP contribution >= 0.6 is 0 Å². The molecule has 1 aliphatic heterocycles. The first kappa shape index (κ1) is 9.00. The van der Waals surface area contributed by atoms with Gasteiger partial charge in [-0.25, -0.2) is 0 Å². The Balaban J connectivity index is 1.96. The first-order valence-corrected chi connectivity index (χ1v) is 5.30. The molecule has 1 atom stereocenters. The van der Waals surface area contributed by atoms with E-state index in [1.54, 1.807) is 0 Å². The van der Waals surface area contributed by atoms with Gasteiger partial charge >= 0.3 is 0 Å². The van der Waals surface area contributed by atoms with Gasteiger partial charge in [-0.2, -0.15) is 0 Å². The molecule has 1 heterocycles. The summed E-state index contributed by atoms with van der Waals surface area (Å²) in [6.45, 7) is 5.07. The molecule has 1 N–H and O–H groups in total. The Bertz CT molecular complexity index is 201. The fourth-order valence-electron chi connectivity index (χ4n) is 1.90. The maximum Gasteiger partial charge on any atom is 0.225 e. The Morgan fingerprint density at radius 1 is 1.31 bits per heavy atom. The lowest BCUT2D eigenvalue weighted by atomic mass is 10.2. The van der Waals surface area contributed by atoms with Gasteiger partial charge in [0, 0.05) is 25.0 Å². The highest BCUT2D eigenvalue weighted by atomic mass is 16.2. The van der Waals surface area contributed by atoms with E-state index in [0.29, 0.717) is 17.9 Å². The van der Waals surface area contributed by atoms with Gasteiger partial charge in [-0.15, -0.1) is 0 Å². The van der Waals surface area contributed by atoms with E-state index in [0.717, 1.165) is 38.9 Å². The molecule has 0 aromatic heterocycles. The van der Waals surface area contributed by atoms with Crippen molar-refractivity contribution >= 4 is 5.91 Å². The molecule has 1 aliphatic carbocycles. The predicted octanol–water partition coefficient (Wildman–Crippen LogP) is 0.607. The molecule has 1 saturated carbocycles. The third-order valence-corrected chi connectivity index (χ3v) is 3.01. The number of carbonyl (C=O) groups excluding carboxylic acids is 1. The van der Waals surface area contributed by atoms with Crippen molar-refractivity contribution in [3.8, 4) is 0 Å². The van der Waals surface area contributed by atoms with E-state index in [-0.39, 0.29) is 0 Å². The van der Waals surface area contributed by atoms with E-state index < -0.39 is 0 Å². The molecule has 2 aliphatic rings. The topological polar surface area (TPSA) is 32.3 Å². The van der Waals surface area contributed by atoms with E-state index >= 15 is 0 Å². The van der Waals surface area contributed by atoms with Crippen LogP contribution in [-0.2, 0) is 4.79 Å². The summed E-state index contributed by atoms with van der Waals surface area (Å²) in [6.07, 6.45) is 3.34. The average molecular weight is 182 g/mol. The van der Waals surface area contributed by atoms with Crippen LogP contribution in [0.4, 0.5) is 0 Å². The van der Waals surface area contributed by atoms with Crippen molar-refractivity contribution in [2.75, 3.05) is 19.6 Å². The summed E-state index contributed by atoms with van der Waals surface area (Å²) in [7, 11) is 0. The van der Waals surface area contributed by atoms with E-state index in [2.05, 4.69) is 17.1 Å². The van der Waals surface area contributed by atoms with E-state index in [1.165, 1.54) is 0 Å². The predicted molar refractivity (Wildman–Crippen MR) is 51.4 cm³/mol. The molecular formula is C10H18N2O. The van der Waals surface area contributed by atoms with Crippen LogP contribution in [-0.4, -0.2) is 36.5 Å². The van der Waals surface area contributed by atoms with Crippen LogP contribution in [0.25, 0.3) is 0 Å². The molecule has 2 fully saturated rings. The first-order chi connectivity index (χ1) is 6.29. The zero-order valence-corrected chi connectivity index (χ0v) is 8.25. The normalized spacial score (nSPS) is 29.9. The van der Waals surface area contributed by atoms with Gasteiger partial charge in [-0.05, 0) is 32.7 Å². The fraction of sp³-hybridized carbons (Fsp3) is 0.900. The first-order valence-electron chi connectivity index (χ1n) is 5.30. The fourth-order valence-corrected chi connectivity index (χ4v) is 1.90. The third-order valence-electron chi connectivity index (χ3n) is 3.01. The van der Waals surface area contributed by atoms with Crippen molar-refractivity contribution in [3.05, 3.63) is 0 Å². The molecule has 1 unspecified atom stereocenters. The zero-order chi connectivity index (χ0) is 9.26. The molecule has 0 bridgehead atoms. The molecule has 3 heteroatoms. The van der Waals surface area contributed by atoms with Crippen LogP contribution in [0.2, 0.25) is 0 Å². The minimum Gasteiger partial charge on any atom is -0.338 e. The second kappa shape index (κ2) is 3.66. The highest BCUT2D eigenvalue weighted by Gasteiger charge is 2.35. The summed E-state index contributed by atoms with van der Waals surface area (Å²) < 4.78 is 0. The van der Waals surface area contributed by atoms with Crippen LogP contribution in [0.1, 0.15) is 26.2 Å². The maximum atomic E-state index is 11.8. The van der Waals surface area contributed by atoms with Gasteiger partial charge in [0.05, 0.1) is 0 Å². The number of amides is 1. The summed E-state index contributed by atoms with van der Waals surface area (Å²) in [4.78, 5) is 13.9. The van der Waals surface area contributed by atoms with Gasteiger partial charge in [0.25, 0.3) is 0 Å². The number of carbonyl (C=O) groups is 1. The van der Waals surface area contributed by atoms with Crippen LogP contribution in [0, 0.1) is 5.92 Å². The summed E-state index contributed by atoms with van der Waals surface area (Å²) in [5, 5.41) is 3.33. The lowest BCUT2D eigenvalue weighted by Crippen LogP contribution is -2.40. The summed E-state index contributed by atoms with van der Waals surface area (Å²) >= 11 is 0. The second-order valence-electron chi connectivity index (χ2n) is 4.19. The molecule has 74 valence electrons. The molecular weight excluding hydrogens is 164 g/mol. The quantitative estimate of drug-likeness (QED) is 0.644. The Hall–Kier alpha value is -0.570. The van der Waals surface area contributed by atoms with Crippen molar-refractivity contribution in [2.24, 2.45) is 5.92 Å². The van der Waals surface area contributed by atoms with Crippen molar-refractivity contribution in [1.29, 1.82) is 0 Å². The van der Waals surface area contributed by atoms with E-state index in [4.69, 9.17) is 0 Å². The number of hydrogen-bond donors (Lipinski definition) is 1. The lowest BCUT2D eigenvalue weighted by Gasteiger charge is -2.26. The Morgan fingerprint density at radius 2 is 2.08 bits per heavy atom. The van der Waals surface area contributed by atoms with Crippen LogP contribution < -0.4 is 5.32 Å². The van der Waals surface area contributed by atoms with Crippen molar-refractivity contribution in [3.63, 3.8) is 0 Å². The number of hydrogen-bond acceptors (Lipinski definition) is 2. The smallest absolute Gasteiger partial charge is 0.225 e. The highest BCUT2D eigenvalue weighted by Crippen LogP contribution is 2.31. The molecule has 0 radical (unpaired) electrons. The molecule has 2 rings (SSSR count). The monoisotopic (exact) mass is 182 g/mol. The zero-order valence-electron chi connectivity index (χ0n) is 8.25. The van der Waals surface area contributed by atoms with Crippen LogP contribution in [0.3, 0.4) is 0 Å². The van der Waals surface area contributed by atoms with E-state index in [9.17, 15) is 4.79 Å². The van der Waals surface area contributed by atoms with Gasteiger partial charge < -0.3 is 10.2 Å². The third kappa shape index (κ3) is 2.02. The molecule has 0 aromatic rings. The van der Waals surface area contributed by atoms with Gasteiger partial charge in [0.1, 0.15) is 0 Å². The molecule has 1 amide bonds. The highest BCUT2D eigenvalue weighted by molar-refractivity contribution is 5.81. The Labute approximate surface area is 79.5 Å². The minimum atomic E-state index is 0.376. The molecule has 3 nitrogen and oxygen atoms in total. The van der Waals surface area contributed by atoms with Crippen LogP contribution in [0.5, 0.6) is 0 Å². The minimum absolute atomic E-state index is 0.376. The Kier molecular flexibility index (Phi) is 2.54. The second-order valence-corrected chi connectivity index (χ2v) is 4.19. The molecule has 0 aromatic carbocycles. The molecule has 1 saturated heterocycles. The Morgan fingerprint density at radius 3 is 2.77 bits per heavy atom. The number of nitrogens with one attached hydrogen (secondary N) is 1. The SMILES string of the molecule is CC1CCNCCN1C(=O)C1CC1. The lowest BCUT2D eigenvalue weighted by molar-refractivity contribution is -0.134. The van der Waals surface area contributed by atoms with Crippen LogP contribution in [0.15, 0.2) is 0 Å². The van der Waals surface area contributed by atoms with Crippen molar-refractivity contribution < 1.29 is 4.79 Å². The summed E-state index contributed by atoms with van der Waals surface area (Å²) in [5.41, 5.74) is 0. The maximum absolute atomic E-state index is 11.8. The summed E-state index contributed by atoms with van der Waals surface area (Å²) in [6, 6.07) is 0.433. The number of rotatable bonds is 1. The summed E-state index contributed by atoms with van der Waals surface area (Å²) in [5.74, 6) is 0.775. The van der Waals surface area contributed by atoms with Gasteiger partial charge in [-0.3, -0.25) is 4.79 Å². The largest absolute Gasteiger partial charge is 0.338 e. The van der Waals surface area contributed by atoms with Gasteiger partial charge in [0.2, 0.25) is 5.91 Å². The standard InChI is InChI=1S/C10H18N2O/c1-8-4-5-11-6-7-12(8)10(13)9-2-3-9/h8-9,11H,2-7H2,1H3. The van der Waals surface area contributed by atoms with Crippen molar-refractivity contribution in [2.45, 2.75) is 32.2 Å². The van der Waals surface area contributed by atoms with Gasteiger partial charge in [0.15, 0.2) is 0 Å². The molecule has 0 spiro atoms. The van der Waals surface area contributed by atoms with Gasteiger partial charge in [-0.1, -0.05) is 0 Å². The molecule has 13 heavy (non-hydrogen) atoms. The number of nitrogens with zero attached hydrogens (tertiary/aromatic N) is 1. The van der Waals surface area contributed by atoms with E-state index in [1.807, 2.05) is 0 Å². The average Bonchev–Trinajstić information content (AvgIpc) is 2.89.